The van der Waals surface area contributed by atoms with Gasteiger partial charge < -0.3 is 9.80 Å². The number of nitrogens with zero attached hydrogens (tertiary/aromatic N) is 6. The Labute approximate surface area is 184 Å². The number of aromatic nitrogens is 5. The summed E-state index contributed by atoms with van der Waals surface area (Å²) < 4.78 is 39.0. The molecule has 3 aromatic rings. The summed E-state index contributed by atoms with van der Waals surface area (Å²) in [7, 11) is 2.16. The summed E-state index contributed by atoms with van der Waals surface area (Å²) in [5.74, 6) is 1.18. The van der Waals surface area contributed by atoms with E-state index in [1.165, 1.54) is 18.7 Å². The number of piperidine rings is 1. The van der Waals surface area contributed by atoms with Crippen molar-refractivity contribution < 1.29 is 13.2 Å². The zero-order valence-electron chi connectivity index (χ0n) is 18.2. The van der Waals surface area contributed by atoms with Crippen molar-refractivity contribution in [3.05, 3.63) is 29.8 Å². The van der Waals surface area contributed by atoms with Gasteiger partial charge in [-0.25, -0.2) is 9.97 Å². The van der Waals surface area contributed by atoms with Gasteiger partial charge >= 0.3 is 6.18 Å². The molecule has 2 aliphatic heterocycles. The van der Waals surface area contributed by atoms with E-state index in [-0.39, 0.29) is 5.69 Å². The minimum atomic E-state index is -4.32. The summed E-state index contributed by atoms with van der Waals surface area (Å²) in [6.45, 7) is 5.75. The first kappa shape index (κ1) is 21.1. The number of fused-ring (bicyclic) bond motifs is 1. The highest BCUT2D eigenvalue weighted by molar-refractivity contribution is 5.91. The van der Waals surface area contributed by atoms with Crippen LogP contribution in [0.25, 0.3) is 22.3 Å². The summed E-state index contributed by atoms with van der Waals surface area (Å²) in [6, 6.07) is 1.50. The molecule has 2 aliphatic rings. The van der Waals surface area contributed by atoms with Crippen molar-refractivity contribution in [3.8, 4) is 11.4 Å². The number of likely N-dealkylation sites (tertiary alicyclic amines) is 1. The first-order chi connectivity index (χ1) is 15.2. The summed E-state index contributed by atoms with van der Waals surface area (Å²) in [5.41, 5.74) is 2.47. The summed E-state index contributed by atoms with van der Waals surface area (Å²) in [4.78, 5) is 18.0. The van der Waals surface area contributed by atoms with Crippen molar-refractivity contribution >= 4 is 16.7 Å². The molecule has 0 atom stereocenters. The van der Waals surface area contributed by atoms with E-state index in [1.54, 1.807) is 6.20 Å². The van der Waals surface area contributed by atoms with Crippen molar-refractivity contribution in [3.63, 3.8) is 0 Å². The molecule has 3 aromatic heterocycles. The van der Waals surface area contributed by atoms with Gasteiger partial charge in [-0.05, 0) is 51.3 Å². The Balaban J connectivity index is 1.55. The molecular weight excluding hydrogens is 419 g/mol. The Morgan fingerprint density at radius 3 is 2.47 bits per heavy atom. The van der Waals surface area contributed by atoms with E-state index in [0.717, 1.165) is 50.3 Å². The first-order valence-corrected chi connectivity index (χ1v) is 10.9. The van der Waals surface area contributed by atoms with Crippen LogP contribution in [0.5, 0.6) is 0 Å². The lowest BCUT2D eigenvalue weighted by Crippen LogP contribution is -2.41. The van der Waals surface area contributed by atoms with Gasteiger partial charge in [0, 0.05) is 30.7 Å². The number of aromatic amines is 1. The van der Waals surface area contributed by atoms with Crippen LogP contribution in [0, 0.1) is 12.3 Å². The van der Waals surface area contributed by atoms with Gasteiger partial charge in [-0.1, -0.05) is 0 Å². The normalized spacial score (nSPS) is 19.3. The number of pyridine rings is 1. The third-order valence-corrected chi connectivity index (χ3v) is 6.82. The fraction of sp³-hybridized carbons (Fsp3) is 0.545. The number of H-pyrrole nitrogens is 1. The summed E-state index contributed by atoms with van der Waals surface area (Å²) in [5, 5.41) is 7.58. The highest BCUT2D eigenvalue weighted by Gasteiger charge is 2.40. The molecule has 1 N–H and O–H groups in total. The highest BCUT2D eigenvalue weighted by atomic mass is 19.4. The number of hydrogen-bond donors (Lipinski definition) is 1. The topological polar surface area (TPSA) is 73.8 Å². The van der Waals surface area contributed by atoms with Crippen LogP contribution in [0.15, 0.2) is 18.5 Å². The lowest BCUT2D eigenvalue weighted by Gasteiger charge is -2.40. The molecule has 5 rings (SSSR count). The van der Waals surface area contributed by atoms with Crippen molar-refractivity contribution in [2.45, 2.75) is 38.8 Å². The Morgan fingerprint density at radius 1 is 1.09 bits per heavy atom. The van der Waals surface area contributed by atoms with E-state index in [2.05, 4.69) is 37.0 Å². The number of alkyl halides is 3. The second-order valence-electron chi connectivity index (χ2n) is 9.24. The lowest BCUT2D eigenvalue weighted by atomic mass is 9.78. The molecule has 0 aliphatic carbocycles. The predicted molar refractivity (Wildman–Crippen MR) is 115 cm³/mol. The smallest absolute Gasteiger partial charge is 0.356 e. The number of anilines is 1. The van der Waals surface area contributed by atoms with Crippen LogP contribution in [0.3, 0.4) is 0 Å². The van der Waals surface area contributed by atoms with Crippen molar-refractivity contribution in [2.24, 2.45) is 5.41 Å². The van der Waals surface area contributed by atoms with E-state index >= 15 is 0 Å². The maximum Gasteiger partial charge on any atom is 0.394 e. The highest BCUT2D eigenvalue weighted by Crippen LogP contribution is 2.41. The average molecular weight is 445 g/mol. The minimum absolute atomic E-state index is 0.0204. The van der Waals surface area contributed by atoms with Crippen LogP contribution in [-0.4, -0.2) is 69.5 Å². The largest absolute Gasteiger partial charge is 0.394 e. The summed E-state index contributed by atoms with van der Waals surface area (Å²) >= 11 is 0. The standard InChI is InChI=1S/C22H26F3N7/c1-14-17(11-27-30-14)19-28-18-12-26-15(10-22(23,24)25)9-16(18)20(29-19)32-7-4-21(5-8-32)3-6-31(2)13-21/h9,11-12H,3-8,10,13H2,1-2H3,(H,27,30). The van der Waals surface area contributed by atoms with E-state index in [1.807, 2.05) is 6.92 Å². The third-order valence-electron chi connectivity index (χ3n) is 6.82. The van der Waals surface area contributed by atoms with Crippen LogP contribution in [-0.2, 0) is 6.42 Å². The number of halogens is 3. The molecule has 7 nitrogen and oxygen atoms in total. The molecule has 5 heterocycles. The Hall–Kier alpha value is -2.75. The fourth-order valence-corrected chi connectivity index (χ4v) is 5.06. The SMILES string of the molecule is Cc1[nH]ncc1-c1nc(N2CCC3(CCN(C)C3)CC2)c2cc(CC(F)(F)F)ncc2n1. The molecule has 0 aromatic carbocycles. The van der Waals surface area contributed by atoms with Crippen LogP contribution in [0.1, 0.15) is 30.7 Å². The second-order valence-corrected chi connectivity index (χ2v) is 9.24. The Kier molecular flexibility index (Phi) is 5.07. The van der Waals surface area contributed by atoms with E-state index in [9.17, 15) is 13.2 Å². The molecule has 0 bridgehead atoms. The quantitative estimate of drug-likeness (QED) is 0.662. The average Bonchev–Trinajstić information content (AvgIpc) is 3.32. The van der Waals surface area contributed by atoms with Crippen molar-refractivity contribution in [2.75, 3.05) is 38.1 Å². The monoisotopic (exact) mass is 445 g/mol. The molecule has 0 radical (unpaired) electrons. The van der Waals surface area contributed by atoms with Gasteiger partial charge in [0.1, 0.15) is 5.82 Å². The Bertz CT molecular complexity index is 1130. The van der Waals surface area contributed by atoms with E-state index < -0.39 is 12.6 Å². The van der Waals surface area contributed by atoms with Gasteiger partial charge in [0.15, 0.2) is 5.82 Å². The molecule has 0 amide bonds. The number of hydrogen-bond acceptors (Lipinski definition) is 6. The maximum atomic E-state index is 13.0. The zero-order chi connectivity index (χ0) is 22.5. The molecular formula is C22H26F3N7. The van der Waals surface area contributed by atoms with Crippen LogP contribution in [0.4, 0.5) is 19.0 Å². The van der Waals surface area contributed by atoms with Crippen LogP contribution in [0.2, 0.25) is 0 Å². The molecule has 2 fully saturated rings. The van der Waals surface area contributed by atoms with Gasteiger partial charge in [-0.15, -0.1) is 0 Å². The van der Waals surface area contributed by atoms with Gasteiger partial charge in [-0.2, -0.15) is 18.3 Å². The second kappa shape index (κ2) is 7.68. The fourth-order valence-electron chi connectivity index (χ4n) is 5.06. The first-order valence-electron chi connectivity index (χ1n) is 10.9. The predicted octanol–water partition coefficient (Wildman–Crippen LogP) is 3.75. The van der Waals surface area contributed by atoms with Gasteiger partial charge in [0.25, 0.3) is 0 Å². The lowest BCUT2D eigenvalue weighted by molar-refractivity contribution is -0.127. The van der Waals surface area contributed by atoms with E-state index in [0.29, 0.717) is 28.0 Å². The van der Waals surface area contributed by atoms with E-state index in [4.69, 9.17) is 4.98 Å². The zero-order valence-corrected chi connectivity index (χ0v) is 18.2. The van der Waals surface area contributed by atoms with Crippen molar-refractivity contribution in [1.82, 2.24) is 30.0 Å². The minimum Gasteiger partial charge on any atom is -0.356 e. The molecule has 0 unspecified atom stereocenters. The van der Waals surface area contributed by atoms with Crippen molar-refractivity contribution in [1.29, 1.82) is 0 Å². The molecule has 0 saturated carbocycles. The number of aryl methyl sites for hydroxylation is 1. The van der Waals surface area contributed by atoms with Gasteiger partial charge in [0.2, 0.25) is 0 Å². The van der Waals surface area contributed by atoms with Crippen LogP contribution >= 0.6 is 0 Å². The maximum absolute atomic E-state index is 13.0. The molecule has 10 heteroatoms. The number of rotatable bonds is 3. The van der Waals surface area contributed by atoms with Gasteiger partial charge in [0.05, 0.1) is 35.6 Å². The molecule has 32 heavy (non-hydrogen) atoms. The molecule has 1 spiro atoms. The summed E-state index contributed by atoms with van der Waals surface area (Å²) in [6.07, 6.45) is 0.999. The Morgan fingerprint density at radius 2 is 1.84 bits per heavy atom. The number of nitrogens with one attached hydrogen (secondary N) is 1. The van der Waals surface area contributed by atoms with Gasteiger partial charge in [-0.3, -0.25) is 10.1 Å². The molecule has 2 saturated heterocycles. The third kappa shape index (κ3) is 4.03. The van der Waals surface area contributed by atoms with Crippen LogP contribution < -0.4 is 4.90 Å². The molecule has 170 valence electrons.